The largest absolute Gasteiger partial charge is 0.378 e. The van der Waals surface area contributed by atoms with Gasteiger partial charge in [-0.1, -0.05) is 24.3 Å². The van der Waals surface area contributed by atoms with Gasteiger partial charge in [0, 0.05) is 50.2 Å². The van der Waals surface area contributed by atoms with Crippen LogP contribution in [-0.2, 0) is 4.79 Å². The molecule has 1 amide bonds. The fourth-order valence-electron chi connectivity index (χ4n) is 3.71. The van der Waals surface area contributed by atoms with Crippen LogP contribution in [0.5, 0.6) is 0 Å². The number of nitrogens with zero attached hydrogens (tertiary/aromatic N) is 4. The zero-order valence-corrected chi connectivity index (χ0v) is 18.0. The van der Waals surface area contributed by atoms with Crippen LogP contribution in [0.25, 0.3) is 0 Å². The van der Waals surface area contributed by atoms with Crippen molar-refractivity contribution in [3.63, 3.8) is 0 Å². The van der Waals surface area contributed by atoms with Crippen molar-refractivity contribution in [2.45, 2.75) is 12.8 Å². The molecule has 160 valence electrons. The Bertz CT molecular complexity index is 998. The molecule has 2 N–H and O–H groups in total. The monoisotopic (exact) mass is 416 g/mol. The van der Waals surface area contributed by atoms with E-state index in [1.54, 1.807) is 0 Å². The first-order valence-electron chi connectivity index (χ1n) is 10.6. The summed E-state index contributed by atoms with van der Waals surface area (Å²) in [5, 5.41) is 15.0. The summed E-state index contributed by atoms with van der Waals surface area (Å²) in [5.41, 5.74) is 2.94. The molecule has 0 spiro atoms. The molecule has 0 radical (unpaired) electrons. The minimum Gasteiger partial charge on any atom is -0.378 e. The molecule has 1 aliphatic heterocycles. The molecule has 0 aliphatic carbocycles. The SMILES string of the molecule is CN(C)c1cccc(Nc2ccc(N3CCC(C(=O)Nc4ccccc4)CC3)nn2)c1. The molecule has 31 heavy (non-hydrogen) atoms. The van der Waals surface area contributed by atoms with Gasteiger partial charge >= 0.3 is 0 Å². The molecule has 0 unspecified atom stereocenters. The van der Waals surface area contributed by atoms with Crippen LogP contribution in [0.1, 0.15) is 12.8 Å². The summed E-state index contributed by atoms with van der Waals surface area (Å²) in [6, 6.07) is 21.7. The predicted octanol–water partition coefficient (Wildman–Crippen LogP) is 4.14. The predicted molar refractivity (Wildman–Crippen MR) is 126 cm³/mol. The number of nitrogens with one attached hydrogen (secondary N) is 2. The van der Waals surface area contributed by atoms with Crippen LogP contribution in [0.2, 0.25) is 0 Å². The molecule has 0 bridgehead atoms. The van der Waals surface area contributed by atoms with Crippen molar-refractivity contribution in [3.05, 3.63) is 66.7 Å². The Balaban J connectivity index is 1.31. The first-order valence-corrected chi connectivity index (χ1v) is 10.6. The summed E-state index contributed by atoms with van der Waals surface area (Å²) in [7, 11) is 4.03. The second-order valence-corrected chi connectivity index (χ2v) is 7.96. The number of aromatic nitrogens is 2. The average molecular weight is 417 g/mol. The number of rotatable bonds is 6. The second-order valence-electron chi connectivity index (χ2n) is 7.96. The van der Waals surface area contributed by atoms with E-state index in [0.717, 1.165) is 48.8 Å². The van der Waals surface area contributed by atoms with Crippen molar-refractivity contribution < 1.29 is 4.79 Å². The average Bonchev–Trinajstić information content (AvgIpc) is 2.80. The van der Waals surface area contributed by atoms with Gasteiger partial charge in [-0.3, -0.25) is 4.79 Å². The minimum absolute atomic E-state index is 0.0225. The Morgan fingerprint density at radius 3 is 2.35 bits per heavy atom. The molecule has 0 atom stereocenters. The van der Waals surface area contributed by atoms with E-state index in [-0.39, 0.29) is 11.8 Å². The van der Waals surface area contributed by atoms with E-state index in [9.17, 15) is 4.79 Å². The van der Waals surface area contributed by atoms with Crippen LogP contribution in [0, 0.1) is 5.92 Å². The lowest BCUT2D eigenvalue weighted by atomic mass is 9.96. The molecular formula is C24H28N6O. The number of piperidine rings is 1. The maximum Gasteiger partial charge on any atom is 0.227 e. The molecule has 3 aromatic rings. The molecule has 7 heteroatoms. The van der Waals surface area contributed by atoms with Crippen LogP contribution in [-0.4, -0.2) is 43.3 Å². The highest BCUT2D eigenvalue weighted by molar-refractivity contribution is 5.92. The maximum atomic E-state index is 12.5. The summed E-state index contributed by atoms with van der Waals surface area (Å²) in [4.78, 5) is 16.8. The van der Waals surface area contributed by atoms with E-state index in [4.69, 9.17) is 0 Å². The third kappa shape index (κ3) is 5.31. The molecule has 1 fully saturated rings. The third-order valence-corrected chi connectivity index (χ3v) is 5.52. The lowest BCUT2D eigenvalue weighted by Gasteiger charge is -2.31. The number of amides is 1. The molecule has 2 heterocycles. The Kier molecular flexibility index (Phi) is 6.31. The number of carbonyl (C=O) groups excluding carboxylic acids is 1. The van der Waals surface area contributed by atoms with E-state index >= 15 is 0 Å². The molecule has 1 aliphatic rings. The fraction of sp³-hybridized carbons (Fsp3) is 0.292. The van der Waals surface area contributed by atoms with Crippen molar-refractivity contribution in [2.75, 3.05) is 47.6 Å². The van der Waals surface area contributed by atoms with E-state index < -0.39 is 0 Å². The summed E-state index contributed by atoms with van der Waals surface area (Å²) in [6.45, 7) is 1.58. The zero-order chi connectivity index (χ0) is 21.6. The van der Waals surface area contributed by atoms with Crippen LogP contribution < -0.4 is 20.4 Å². The molecule has 4 rings (SSSR count). The van der Waals surface area contributed by atoms with Gasteiger partial charge in [0.25, 0.3) is 0 Å². The van der Waals surface area contributed by atoms with E-state index in [1.807, 2.05) is 68.7 Å². The minimum atomic E-state index is 0.0225. The molecule has 1 aromatic heterocycles. The molecule has 7 nitrogen and oxygen atoms in total. The summed E-state index contributed by atoms with van der Waals surface area (Å²) >= 11 is 0. The lowest BCUT2D eigenvalue weighted by Crippen LogP contribution is -2.38. The van der Waals surface area contributed by atoms with E-state index in [2.05, 4.69) is 42.8 Å². The summed E-state index contributed by atoms with van der Waals surface area (Å²) in [5.74, 6) is 1.66. The van der Waals surface area contributed by atoms with Crippen LogP contribution in [0.3, 0.4) is 0 Å². The topological polar surface area (TPSA) is 73.4 Å². The van der Waals surface area contributed by atoms with Gasteiger partial charge in [-0.15, -0.1) is 10.2 Å². The van der Waals surface area contributed by atoms with Crippen LogP contribution >= 0.6 is 0 Å². The van der Waals surface area contributed by atoms with Crippen molar-refractivity contribution in [1.82, 2.24) is 10.2 Å². The highest BCUT2D eigenvalue weighted by Crippen LogP contribution is 2.24. The van der Waals surface area contributed by atoms with Gasteiger partial charge in [-0.05, 0) is 55.3 Å². The van der Waals surface area contributed by atoms with E-state index in [0.29, 0.717) is 5.82 Å². The third-order valence-electron chi connectivity index (χ3n) is 5.52. The van der Waals surface area contributed by atoms with Gasteiger partial charge < -0.3 is 20.4 Å². The van der Waals surface area contributed by atoms with Crippen molar-refractivity contribution >= 4 is 34.6 Å². The normalized spacial score (nSPS) is 14.2. The molecule has 0 saturated carbocycles. The van der Waals surface area contributed by atoms with Gasteiger partial charge in [-0.2, -0.15) is 0 Å². The smallest absolute Gasteiger partial charge is 0.227 e. The Morgan fingerprint density at radius 1 is 0.935 bits per heavy atom. The number of benzene rings is 2. The number of para-hydroxylation sites is 1. The van der Waals surface area contributed by atoms with Gasteiger partial charge in [-0.25, -0.2) is 0 Å². The van der Waals surface area contributed by atoms with Crippen LogP contribution in [0.4, 0.5) is 28.7 Å². The molecule has 1 saturated heterocycles. The van der Waals surface area contributed by atoms with Gasteiger partial charge in [0.15, 0.2) is 11.6 Å². The van der Waals surface area contributed by atoms with E-state index in [1.165, 1.54) is 0 Å². The first kappa shape index (κ1) is 20.7. The number of carbonyl (C=O) groups is 1. The van der Waals surface area contributed by atoms with Crippen LogP contribution in [0.15, 0.2) is 66.7 Å². The number of anilines is 5. The summed E-state index contributed by atoms with van der Waals surface area (Å²) in [6.07, 6.45) is 1.61. The highest BCUT2D eigenvalue weighted by atomic mass is 16.1. The molecular weight excluding hydrogens is 388 g/mol. The molecule has 2 aromatic carbocycles. The fourth-order valence-corrected chi connectivity index (χ4v) is 3.71. The first-order chi connectivity index (χ1) is 15.1. The Morgan fingerprint density at radius 2 is 1.68 bits per heavy atom. The maximum absolute atomic E-state index is 12.5. The van der Waals surface area contributed by atoms with Gasteiger partial charge in [0.2, 0.25) is 5.91 Å². The standard InChI is InChI=1S/C24H28N6O/c1-29(2)21-10-6-9-20(17-21)25-22-11-12-23(28-27-22)30-15-13-18(14-16-30)24(31)26-19-7-4-3-5-8-19/h3-12,17-18H,13-16H2,1-2H3,(H,25,27)(H,26,31). The van der Waals surface area contributed by atoms with Crippen molar-refractivity contribution in [3.8, 4) is 0 Å². The zero-order valence-electron chi connectivity index (χ0n) is 18.0. The van der Waals surface area contributed by atoms with Crippen molar-refractivity contribution in [1.29, 1.82) is 0 Å². The number of hydrogen-bond donors (Lipinski definition) is 2. The van der Waals surface area contributed by atoms with Crippen molar-refractivity contribution in [2.24, 2.45) is 5.92 Å². The lowest BCUT2D eigenvalue weighted by molar-refractivity contribution is -0.120. The quantitative estimate of drug-likeness (QED) is 0.629. The second kappa shape index (κ2) is 9.47. The summed E-state index contributed by atoms with van der Waals surface area (Å²) < 4.78 is 0. The Hall–Kier alpha value is -3.61. The van der Waals surface area contributed by atoms with Gasteiger partial charge in [0.05, 0.1) is 0 Å². The Labute approximate surface area is 183 Å². The highest BCUT2D eigenvalue weighted by Gasteiger charge is 2.25. The number of hydrogen-bond acceptors (Lipinski definition) is 6. The van der Waals surface area contributed by atoms with Gasteiger partial charge in [0.1, 0.15) is 0 Å².